The van der Waals surface area contributed by atoms with Gasteiger partial charge in [-0.05, 0) is 55.5 Å². The van der Waals surface area contributed by atoms with Crippen LogP contribution in [0.1, 0.15) is 18.4 Å². The van der Waals surface area contributed by atoms with Crippen molar-refractivity contribution in [3.05, 3.63) is 54.1 Å². The van der Waals surface area contributed by atoms with Gasteiger partial charge >= 0.3 is 0 Å². The molecule has 0 aromatic heterocycles. The highest BCUT2D eigenvalue weighted by molar-refractivity contribution is 5.96. The predicted molar refractivity (Wildman–Crippen MR) is 97.8 cm³/mol. The van der Waals surface area contributed by atoms with E-state index >= 15 is 0 Å². The van der Waals surface area contributed by atoms with Gasteiger partial charge < -0.3 is 15.5 Å². The number of hydrogen-bond donors (Lipinski definition) is 2. The van der Waals surface area contributed by atoms with Gasteiger partial charge in [0, 0.05) is 12.2 Å². The molecule has 0 unspecified atom stereocenters. The van der Waals surface area contributed by atoms with Gasteiger partial charge in [-0.15, -0.1) is 0 Å². The third-order valence-electron chi connectivity index (χ3n) is 4.77. The van der Waals surface area contributed by atoms with Gasteiger partial charge in [-0.1, -0.05) is 30.3 Å². The second kappa shape index (κ2) is 6.65. The Kier molecular flexibility index (Phi) is 4.22. The summed E-state index contributed by atoms with van der Waals surface area (Å²) in [6, 6.07) is 16.5. The van der Waals surface area contributed by atoms with E-state index in [4.69, 9.17) is 0 Å². The molecule has 4 heteroatoms. The average molecular weight is 321 g/mol. The van der Waals surface area contributed by atoms with Crippen molar-refractivity contribution in [2.75, 3.05) is 29.9 Å². The number of hydrogen-bond acceptors (Lipinski definition) is 3. The monoisotopic (exact) mass is 321 g/mol. The average Bonchev–Trinajstić information content (AvgIpc) is 3.32. The SMILES string of the molecule is O=C(CNCC1CC1)Nc1ccccc1N1CCc2ccccc21. The minimum atomic E-state index is 0.0237. The molecule has 0 radical (unpaired) electrons. The van der Waals surface area contributed by atoms with Crippen molar-refractivity contribution in [3.8, 4) is 0 Å². The summed E-state index contributed by atoms with van der Waals surface area (Å²) in [7, 11) is 0. The van der Waals surface area contributed by atoms with Crippen LogP contribution in [0, 0.1) is 5.92 Å². The molecule has 0 bridgehead atoms. The molecule has 0 saturated heterocycles. The maximum atomic E-state index is 12.2. The zero-order valence-corrected chi connectivity index (χ0v) is 13.8. The third-order valence-corrected chi connectivity index (χ3v) is 4.77. The maximum absolute atomic E-state index is 12.2. The molecule has 1 amide bonds. The lowest BCUT2D eigenvalue weighted by Gasteiger charge is -2.23. The Morgan fingerprint density at radius 2 is 1.79 bits per heavy atom. The van der Waals surface area contributed by atoms with Gasteiger partial charge in [0.05, 0.1) is 17.9 Å². The molecule has 1 saturated carbocycles. The van der Waals surface area contributed by atoms with Crippen LogP contribution in [0.4, 0.5) is 17.1 Å². The van der Waals surface area contributed by atoms with E-state index in [9.17, 15) is 4.79 Å². The summed E-state index contributed by atoms with van der Waals surface area (Å²) in [4.78, 5) is 14.5. The highest BCUT2D eigenvalue weighted by atomic mass is 16.1. The van der Waals surface area contributed by atoms with E-state index in [2.05, 4.69) is 45.9 Å². The zero-order valence-electron chi connectivity index (χ0n) is 13.8. The molecule has 1 heterocycles. The summed E-state index contributed by atoms with van der Waals surface area (Å²) in [5, 5.41) is 6.32. The molecule has 2 N–H and O–H groups in total. The normalized spacial score (nSPS) is 16.1. The molecule has 1 fully saturated rings. The predicted octanol–water partition coefficient (Wildman–Crippen LogP) is 3.32. The van der Waals surface area contributed by atoms with E-state index in [0.29, 0.717) is 6.54 Å². The summed E-state index contributed by atoms with van der Waals surface area (Å²) in [6.45, 7) is 2.28. The van der Waals surface area contributed by atoms with Crippen LogP contribution >= 0.6 is 0 Å². The molecule has 0 spiro atoms. The molecule has 4 rings (SSSR count). The Bertz CT molecular complexity index is 739. The lowest BCUT2D eigenvalue weighted by molar-refractivity contribution is -0.115. The number of nitrogens with zero attached hydrogens (tertiary/aromatic N) is 1. The van der Waals surface area contributed by atoms with Crippen molar-refractivity contribution in [1.82, 2.24) is 5.32 Å². The topological polar surface area (TPSA) is 44.4 Å². The number of benzene rings is 2. The quantitative estimate of drug-likeness (QED) is 0.858. The van der Waals surface area contributed by atoms with Gasteiger partial charge in [0.15, 0.2) is 0 Å². The number of nitrogens with one attached hydrogen (secondary N) is 2. The molecule has 4 nitrogen and oxygen atoms in total. The molecule has 1 aliphatic carbocycles. The smallest absolute Gasteiger partial charge is 0.238 e. The number of carbonyl (C=O) groups is 1. The highest BCUT2D eigenvalue weighted by Gasteiger charge is 2.23. The first kappa shape index (κ1) is 15.2. The van der Waals surface area contributed by atoms with Crippen molar-refractivity contribution < 1.29 is 4.79 Å². The largest absolute Gasteiger partial charge is 0.339 e. The van der Waals surface area contributed by atoms with E-state index in [1.807, 2.05) is 18.2 Å². The van der Waals surface area contributed by atoms with Crippen molar-refractivity contribution in [2.45, 2.75) is 19.3 Å². The van der Waals surface area contributed by atoms with Crippen LogP contribution in [-0.2, 0) is 11.2 Å². The van der Waals surface area contributed by atoms with Crippen LogP contribution < -0.4 is 15.5 Å². The van der Waals surface area contributed by atoms with Gasteiger partial charge in [0.25, 0.3) is 0 Å². The molecular formula is C20H23N3O. The summed E-state index contributed by atoms with van der Waals surface area (Å²) in [5.41, 5.74) is 4.56. The first-order valence-corrected chi connectivity index (χ1v) is 8.76. The number of rotatable bonds is 6. The minimum absolute atomic E-state index is 0.0237. The van der Waals surface area contributed by atoms with Gasteiger partial charge in [0.1, 0.15) is 0 Å². The molecule has 0 atom stereocenters. The van der Waals surface area contributed by atoms with Crippen molar-refractivity contribution in [2.24, 2.45) is 5.92 Å². The Balaban J connectivity index is 1.47. The van der Waals surface area contributed by atoms with Gasteiger partial charge in [0.2, 0.25) is 5.91 Å². The van der Waals surface area contributed by atoms with E-state index in [1.54, 1.807) is 0 Å². The number of fused-ring (bicyclic) bond motifs is 1. The number of anilines is 3. The first-order chi connectivity index (χ1) is 11.8. The summed E-state index contributed by atoms with van der Waals surface area (Å²) < 4.78 is 0. The molecule has 2 aromatic carbocycles. The Hall–Kier alpha value is -2.33. The highest BCUT2D eigenvalue weighted by Crippen LogP contribution is 2.38. The number of para-hydroxylation sites is 3. The second-order valence-electron chi connectivity index (χ2n) is 6.67. The molecule has 124 valence electrons. The van der Waals surface area contributed by atoms with E-state index in [1.165, 1.54) is 24.1 Å². The lowest BCUT2D eigenvalue weighted by Crippen LogP contribution is -2.30. The summed E-state index contributed by atoms with van der Waals surface area (Å²) in [6.07, 6.45) is 3.64. The number of carbonyl (C=O) groups excluding carboxylic acids is 1. The molecule has 2 aliphatic rings. The standard InChI is InChI=1S/C20H23N3O/c24-20(14-21-13-15-9-10-15)22-17-6-2-4-8-19(17)23-12-11-16-5-1-3-7-18(16)23/h1-8,15,21H,9-14H2,(H,22,24). The van der Waals surface area contributed by atoms with Crippen LogP contribution in [0.5, 0.6) is 0 Å². The van der Waals surface area contributed by atoms with E-state index in [-0.39, 0.29) is 5.91 Å². The van der Waals surface area contributed by atoms with Crippen LogP contribution in [-0.4, -0.2) is 25.5 Å². The van der Waals surface area contributed by atoms with Crippen molar-refractivity contribution in [1.29, 1.82) is 0 Å². The van der Waals surface area contributed by atoms with Gasteiger partial charge in [-0.25, -0.2) is 0 Å². The molecule has 24 heavy (non-hydrogen) atoms. The summed E-state index contributed by atoms with van der Waals surface area (Å²) in [5.74, 6) is 0.807. The molecule has 2 aromatic rings. The molecular weight excluding hydrogens is 298 g/mol. The fourth-order valence-electron chi connectivity index (χ4n) is 3.31. The first-order valence-electron chi connectivity index (χ1n) is 8.76. The van der Waals surface area contributed by atoms with Crippen molar-refractivity contribution >= 4 is 23.0 Å². The second-order valence-corrected chi connectivity index (χ2v) is 6.67. The molecule has 1 aliphatic heterocycles. The Labute approximate surface area is 142 Å². The van der Waals surface area contributed by atoms with Gasteiger partial charge in [-0.2, -0.15) is 0 Å². The van der Waals surface area contributed by atoms with E-state index < -0.39 is 0 Å². The van der Waals surface area contributed by atoms with Gasteiger partial charge in [-0.3, -0.25) is 4.79 Å². The van der Waals surface area contributed by atoms with Crippen LogP contribution in [0.2, 0.25) is 0 Å². The minimum Gasteiger partial charge on any atom is -0.339 e. The zero-order chi connectivity index (χ0) is 16.4. The van der Waals surface area contributed by atoms with Crippen LogP contribution in [0.25, 0.3) is 0 Å². The Morgan fingerprint density at radius 3 is 2.62 bits per heavy atom. The fourth-order valence-corrected chi connectivity index (χ4v) is 3.31. The third kappa shape index (κ3) is 3.29. The van der Waals surface area contributed by atoms with Crippen molar-refractivity contribution in [3.63, 3.8) is 0 Å². The van der Waals surface area contributed by atoms with E-state index in [0.717, 1.165) is 36.8 Å². The van der Waals surface area contributed by atoms with Crippen LogP contribution in [0.3, 0.4) is 0 Å². The fraction of sp³-hybridized carbons (Fsp3) is 0.350. The summed E-state index contributed by atoms with van der Waals surface area (Å²) >= 11 is 0. The van der Waals surface area contributed by atoms with Crippen LogP contribution in [0.15, 0.2) is 48.5 Å². The lowest BCUT2D eigenvalue weighted by atomic mass is 10.2. The number of amides is 1. The Morgan fingerprint density at radius 1 is 1.04 bits per heavy atom. The maximum Gasteiger partial charge on any atom is 0.238 e.